The monoisotopic (exact) mass is 445 g/mol. The predicted molar refractivity (Wildman–Crippen MR) is 127 cm³/mol. The van der Waals surface area contributed by atoms with Crippen LogP contribution in [0.4, 0.5) is 0 Å². The molecule has 0 radical (unpaired) electrons. The zero-order valence-corrected chi connectivity index (χ0v) is 19.6. The second kappa shape index (κ2) is 10.6. The number of rotatable bonds is 8. The molecule has 4 atom stereocenters. The molecule has 2 aromatic rings. The first-order valence-electron chi connectivity index (χ1n) is 10.8. The molecule has 2 N–H and O–H groups in total. The highest BCUT2D eigenvalue weighted by Crippen LogP contribution is 2.40. The molecule has 1 aromatic carbocycles. The highest BCUT2D eigenvalue weighted by Gasteiger charge is 2.39. The van der Waals surface area contributed by atoms with E-state index in [1.165, 1.54) is 21.6 Å². The number of alkyl halides is 1. The van der Waals surface area contributed by atoms with Gasteiger partial charge in [0.1, 0.15) is 0 Å². The second-order valence-electron chi connectivity index (χ2n) is 8.36. The minimum Gasteiger partial charge on any atom is -0.392 e. The van der Waals surface area contributed by atoms with E-state index in [1.54, 1.807) is 11.3 Å². The normalized spacial score (nSPS) is 23.9. The maximum Gasteiger partial charge on any atom is 0.261 e. The third kappa shape index (κ3) is 5.96. The lowest BCUT2D eigenvalue weighted by Crippen LogP contribution is -2.21. The van der Waals surface area contributed by atoms with Crippen molar-refractivity contribution >= 4 is 34.9 Å². The fraction of sp³-hybridized carbons (Fsp3) is 0.480. The SMILES string of the molecule is CCNC(=O)c1ccc(CCC[C@@H]2[C@@H](C=Cc3cc(C)cc(C)c3)[C@H](O)C[C@H]2Cl)s1. The van der Waals surface area contributed by atoms with Gasteiger partial charge >= 0.3 is 0 Å². The van der Waals surface area contributed by atoms with Crippen LogP contribution < -0.4 is 5.32 Å². The summed E-state index contributed by atoms with van der Waals surface area (Å²) >= 11 is 8.19. The van der Waals surface area contributed by atoms with Gasteiger partial charge in [0, 0.05) is 22.7 Å². The van der Waals surface area contributed by atoms with Gasteiger partial charge in [0.05, 0.1) is 11.0 Å². The van der Waals surface area contributed by atoms with Gasteiger partial charge in [0.25, 0.3) is 5.91 Å². The van der Waals surface area contributed by atoms with E-state index in [4.69, 9.17) is 11.6 Å². The molecule has 5 heteroatoms. The van der Waals surface area contributed by atoms with Crippen LogP contribution in [0.25, 0.3) is 6.08 Å². The topological polar surface area (TPSA) is 49.3 Å². The Balaban J connectivity index is 1.59. The lowest BCUT2D eigenvalue weighted by atomic mass is 9.89. The van der Waals surface area contributed by atoms with Crippen LogP contribution in [0.15, 0.2) is 36.4 Å². The lowest BCUT2D eigenvalue weighted by molar-refractivity contribution is 0.0960. The highest BCUT2D eigenvalue weighted by molar-refractivity contribution is 7.14. The zero-order chi connectivity index (χ0) is 21.7. The molecule has 1 aliphatic carbocycles. The fourth-order valence-electron chi connectivity index (χ4n) is 4.46. The number of halogens is 1. The summed E-state index contributed by atoms with van der Waals surface area (Å²) in [4.78, 5) is 13.9. The minimum absolute atomic E-state index is 0.00289. The van der Waals surface area contributed by atoms with Crippen LogP contribution in [0.3, 0.4) is 0 Å². The van der Waals surface area contributed by atoms with Crippen molar-refractivity contribution in [1.82, 2.24) is 5.32 Å². The Morgan fingerprint density at radius 2 is 2.00 bits per heavy atom. The first-order valence-corrected chi connectivity index (χ1v) is 12.1. The Labute approximate surface area is 189 Å². The third-order valence-electron chi connectivity index (χ3n) is 5.81. The predicted octanol–water partition coefficient (Wildman–Crippen LogP) is 5.76. The first kappa shape index (κ1) is 23.1. The number of benzene rings is 1. The van der Waals surface area contributed by atoms with E-state index in [0.29, 0.717) is 13.0 Å². The molecule has 3 nitrogen and oxygen atoms in total. The van der Waals surface area contributed by atoms with Gasteiger partial charge in [0.15, 0.2) is 0 Å². The van der Waals surface area contributed by atoms with E-state index in [0.717, 1.165) is 24.1 Å². The van der Waals surface area contributed by atoms with Crippen LogP contribution in [-0.2, 0) is 6.42 Å². The first-order chi connectivity index (χ1) is 14.4. The molecule has 1 amide bonds. The number of hydrogen-bond donors (Lipinski definition) is 2. The molecule has 1 aromatic heterocycles. The number of hydrogen-bond acceptors (Lipinski definition) is 3. The molecular weight excluding hydrogens is 414 g/mol. The number of carbonyl (C=O) groups is 1. The van der Waals surface area contributed by atoms with Crippen LogP contribution in [0, 0.1) is 25.7 Å². The van der Waals surface area contributed by atoms with Gasteiger partial charge in [-0.3, -0.25) is 4.79 Å². The quantitative estimate of drug-likeness (QED) is 0.508. The van der Waals surface area contributed by atoms with Crippen molar-refractivity contribution < 1.29 is 9.90 Å². The van der Waals surface area contributed by atoms with Crippen LogP contribution in [0.1, 0.15) is 57.4 Å². The van der Waals surface area contributed by atoms with Crippen LogP contribution in [0.2, 0.25) is 0 Å². The van der Waals surface area contributed by atoms with E-state index in [-0.39, 0.29) is 29.2 Å². The Morgan fingerprint density at radius 3 is 2.70 bits per heavy atom. The average Bonchev–Trinajstić information content (AvgIpc) is 3.24. The summed E-state index contributed by atoms with van der Waals surface area (Å²) in [5.41, 5.74) is 3.67. The number of nitrogens with one attached hydrogen (secondary N) is 1. The summed E-state index contributed by atoms with van der Waals surface area (Å²) in [7, 11) is 0. The van der Waals surface area contributed by atoms with Crippen LogP contribution in [0.5, 0.6) is 0 Å². The number of aryl methyl sites for hydroxylation is 3. The van der Waals surface area contributed by atoms with Gasteiger partial charge in [-0.25, -0.2) is 0 Å². The average molecular weight is 446 g/mol. The Hall–Kier alpha value is -1.62. The van der Waals surface area contributed by atoms with Crippen molar-refractivity contribution in [2.75, 3.05) is 6.54 Å². The van der Waals surface area contributed by atoms with Crippen molar-refractivity contribution in [3.63, 3.8) is 0 Å². The number of aliphatic hydroxyl groups excluding tert-OH is 1. The molecule has 0 unspecified atom stereocenters. The standard InChI is InChI=1S/C25H32ClNO2S/c1-4-27-25(29)24-11-9-19(30-24)6-5-7-20-21(23(28)15-22(20)26)10-8-18-13-16(2)12-17(3)14-18/h8-14,20-23,28H,4-7,15H2,1-3H3,(H,27,29)/t20-,21-,22-,23-/m1/s1. The molecular formula is C25H32ClNO2S. The molecule has 0 saturated heterocycles. The third-order valence-corrected chi connectivity index (χ3v) is 7.45. The van der Waals surface area contributed by atoms with Gasteiger partial charge < -0.3 is 10.4 Å². The van der Waals surface area contributed by atoms with Crippen molar-refractivity contribution in [3.05, 3.63) is 62.9 Å². The maximum atomic E-state index is 11.9. The molecule has 30 heavy (non-hydrogen) atoms. The van der Waals surface area contributed by atoms with Gasteiger partial charge in [-0.1, -0.05) is 41.5 Å². The van der Waals surface area contributed by atoms with Crippen molar-refractivity contribution in [2.45, 2.75) is 57.9 Å². The molecule has 0 aliphatic heterocycles. The summed E-state index contributed by atoms with van der Waals surface area (Å²) in [6.45, 7) is 6.78. The zero-order valence-electron chi connectivity index (χ0n) is 18.0. The molecule has 3 rings (SSSR count). The molecule has 162 valence electrons. The lowest BCUT2D eigenvalue weighted by Gasteiger charge is -2.20. The second-order valence-corrected chi connectivity index (χ2v) is 10.1. The molecule has 0 bridgehead atoms. The van der Waals surface area contributed by atoms with E-state index >= 15 is 0 Å². The Morgan fingerprint density at radius 1 is 1.27 bits per heavy atom. The van der Waals surface area contributed by atoms with Gasteiger partial charge in [0.2, 0.25) is 0 Å². The fourth-order valence-corrected chi connectivity index (χ4v) is 5.90. The minimum atomic E-state index is -0.384. The number of aliphatic hydroxyl groups is 1. The molecule has 1 fully saturated rings. The van der Waals surface area contributed by atoms with Crippen molar-refractivity contribution in [1.29, 1.82) is 0 Å². The summed E-state index contributed by atoms with van der Waals surface area (Å²) in [6.07, 6.45) is 7.47. The summed E-state index contributed by atoms with van der Waals surface area (Å²) in [5.74, 6) is 0.360. The summed E-state index contributed by atoms with van der Waals surface area (Å²) in [6, 6.07) is 10.5. The van der Waals surface area contributed by atoms with Gasteiger partial charge in [-0.15, -0.1) is 22.9 Å². The summed E-state index contributed by atoms with van der Waals surface area (Å²) < 4.78 is 0. The van der Waals surface area contributed by atoms with Gasteiger partial charge in [-0.2, -0.15) is 0 Å². The van der Waals surface area contributed by atoms with Crippen LogP contribution in [-0.4, -0.2) is 29.0 Å². The number of amides is 1. The molecule has 1 saturated carbocycles. The number of carbonyl (C=O) groups excluding carboxylic acids is 1. The molecule has 1 heterocycles. The van der Waals surface area contributed by atoms with E-state index < -0.39 is 0 Å². The van der Waals surface area contributed by atoms with Gasteiger partial charge in [-0.05, 0) is 70.1 Å². The Kier molecular flexibility index (Phi) is 8.15. The van der Waals surface area contributed by atoms with Crippen molar-refractivity contribution in [3.8, 4) is 0 Å². The number of thiophene rings is 1. The Bertz CT molecular complexity index is 871. The van der Waals surface area contributed by atoms with Crippen LogP contribution >= 0.6 is 22.9 Å². The molecule has 1 aliphatic rings. The summed E-state index contributed by atoms with van der Waals surface area (Å²) in [5, 5.41) is 13.4. The van der Waals surface area contributed by atoms with E-state index in [1.807, 2.05) is 19.1 Å². The van der Waals surface area contributed by atoms with E-state index in [2.05, 4.69) is 49.5 Å². The largest absolute Gasteiger partial charge is 0.392 e. The highest BCUT2D eigenvalue weighted by atomic mass is 35.5. The van der Waals surface area contributed by atoms with E-state index in [9.17, 15) is 9.90 Å². The molecule has 0 spiro atoms. The maximum absolute atomic E-state index is 11.9. The van der Waals surface area contributed by atoms with Crippen molar-refractivity contribution in [2.24, 2.45) is 11.8 Å². The smallest absolute Gasteiger partial charge is 0.261 e.